The molecule has 6 aliphatic rings. The van der Waals surface area contributed by atoms with Gasteiger partial charge in [0, 0.05) is 104 Å². The number of nitrogens with two attached hydrogens (primary N) is 1. The smallest absolute Gasteiger partial charge is 0.399 e. The fourth-order valence-corrected chi connectivity index (χ4v) is 13.7. The topological polar surface area (TPSA) is 228 Å². The minimum absolute atomic E-state index is 0.0161. The third kappa shape index (κ3) is 22.2. The number of Topliss-reactive ketones (excluding diaryl/α,β-unsaturated/α-hetero) is 1. The summed E-state index contributed by atoms with van der Waals surface area (Å²) < 4.78 is 66.1. The quantitative estimate of drug-likeness (QED) is 0.0422. The zero-order valence-corrected chi connectivity index (χ0v) is 63.3. The fourth-order valence-electron chi connectivity index (χ4n) is 11.9. The maximum absolute atomic E-state index is 12.9. The van der Waals surface area contributed by atoms with Crippen LogP contribution in [0.2, 0.25) is 10.0 Å². The summed E-state index contributed by atoms with van der Waals surface area (Å²) >= 11 is 22.5. The van der Waals surface area contributed by atoms with Gasteiger partial charge < -0.3 is 64.4 Å². The van der Waals surface area contributed by atoms with Crippen LogP contribution in [-0.2, 0) is 23.5 Å². The van der Waals surface area contributed by atoms with Gasteiger partial charge in [0.05, 0.1) is 95.5 Å². The van der Waals surface area contributed by atoms with Gasteiger partial charge in [-0.15, -0.1) is 22.7 Å². The molecule has 0 bridgehead atoms. The van der Waals surface area contributed by atoms with Crippen molar-refractivity contribution in [2.75, 3.05) is 136 Å². The van der Waals surface area contributed by atoms with Gasteiger partial charge in [-0.3, -0.25) is 4.79 Å². The molecule has 0 unspecified atom stereocenters. The number of halogens is 6. The molecule has 2 atom stereocenters. The molecule has 0 saturated carbocycles. The molecule has 4 amide bonds. The van der Waals surface area contributed by atoms with Crippen LogP contribution in [0.25, 0.3) is 33.9 Å². The summed E-state index contributed by atoms with van der Waals surface area (Å²) in [4.78, 5) is 69.5. The number of benzene rings is 2. The molecule has 2 aromatic carbocycles. The summed E-state index contributed by atoms with van der Waals surface area (Å²) in [6.45, 7) is 25.3. The van der Waals surface area contributed by atoms with Crippen molar-refractivity contribution in [3.8, 4) is 33.9 Å². The van der Waals surface area contributed by atoms with E-state index in [1.807, 2.05) is 80.1 Å². The number of morpholine rings is 3. The van der Waals surface area contributed by atoms with Crippen LogP contribution in [0.5, 0.6) is 0 Å². The Hall–Kier alpha value is -6.64. The maximum atomic E-state index is 12.9. The Morgan fingerprint density at radius 1 is 0.653 bits per heavy atom. The predicted molar refractivity (Wildman–Crippen MR) is 405 cm³/mol. The molecule has 0 spiro atoms. The molecule has 0 aliphatic carbocycles. The summed E-state index contributed by atoms with van der Waals surface area (Å²) in [5, 5.41) is 11.4. The lowest BCUT2D eigenvalue weighted by Gasteiger charge is -2.32. The third-order valence-electron chi connectivity index (χ3n) is 18.2. The van der Waals surface area contributed by atoms with Crippen molar-refractivity contribution >= 4 is 139 Å². The lowest BCUT2D eigenvalue weighted by Crippen LogP contribution is -2.41. The van der Waals surface area contributed by atoms with Crippen LogP contribution >= 0.6 is 74.0 Å². The van der Waals surface area contributed by atoms with Gasteiger partial charge in [0.2, 0.25) is 0 Å². The summed E-state index contributed by atoms with van der Waals surface area (Å²) in [5.41, 5.74) is 18.6. The van der Waals surface area contributed by atoms with Gasteiger partial charge in [-0.05, 0) is 149 Å². The highest BCUT2D eigenvalue weighted by atomic mass is 79.9. The first-order valence-corrected chi connectivity index (χ1v) is 37.7. The summed E-state index contributed by atoms with van der Waals surface area (Å²) in [5.74, 6) is 2.57. The van der Waals surface area contributed by atoms with Gasteiger partial charge in [0.25, 0.3) is 0 Å². The lowest BCUT2D eigenvalue weighted by atomic mass is 9.76. The molecule has 6 aliphatic heterocycles. The Morgan fingerprint density at radius 3 is 1.58 bits per heavy atom. The second-order valence-corrected chi connectivity index (χ2v) is 29.0. The number of alkyl halides is 4. The Balaban J connectivity index is 0.000000161. The number of aryl methyl sites for hydroxylation is 2. The number of rotatable bonds is 13. The Kier molecular flexibility index (Phi) is 28.5. The first kappa shape index (κ1) is 78.5. The number of thiocarbonyl (C=S) groups is 1. The molecular weight excluding hydrogens is 1470 g/mol. The van der Waals surface area contributed by atoms with Crippen molar-refractivity contribution in [1.29, 1.82) is 0 Å². The van der Waals surface area contributed by atoms with Gasteiger partial charge in [-0.1, -0.05) is 82.4 Å². The van der Waals surface area contributed by atoms with E-state index in [0.29, 0.717) is 66.7 Å². The molecule has 21 nitrogen and oxygen atoms in total. The van der Waals surface area contributed by atoms with Crippen LogP contribution in [0.4, 0.5) is 51.6 Å². The van der Waals surface area contributed by atoms with Crippen molar-refractivity contribution in [1.82, 2.24) is 34.7 Å². The standard InChI is InChI=1S/C26H31N5O2S.C20H28BF3N2O3.C12H12ClN3OS.C11H12BrClN2O2.CH3NS/c1-3-19-6-7-31(15-19)26(32)28-21-5-4-18(2)22(14-21)20-12-23(24-16-34-17-27-24)29-25(13-20)30-8-10-33-11-9-30;1-13-6-7-15(10-16(13)21-28-18(2,3)19(4,5)29-21)25-17(27)26-9-8-14(12-26)11-20(22,23)24;13-9-5-10(11-7-18-8-14-11)15-12(6-9)16-1-3-17-4-2-16;12-7-10(16)9-5-8(13)6-11(14-9)15-1-3-17-4-2-15;2-1-3/h4-5,12-14,16-17,19H,3,6-11,15H2,1-2H3,(H,28,32);6-7,10,14H,8-9,11-12H2,1-5H3,(H,25,27);5-8H,1-4H2;5-6H,1-4,7H2;1H,(H2,2,3)/t19-;14-;;;/m10.../s1. The number of likely N-dealkylation sites (tertiary alicyclic amines) is 2. The van der Waals surface area contributed by atoms with Crippen molar-refractivity contribution < 1.29 is 51.1 Å². The number of pyridine rings is 3. The number of ketones is 1. The van der Waals surface area contributed by atoms with E-state index in [2.05, 4.69) is 117 Å². The summed E-state index contributed by atoms with van der Waals surface area (Å²) in [7, 11) is -0.556. The first-order chi connectivity index (χ1) is 48.3. The van der Waals surface area contributed by atoms with E-state index in [9.17, 15) is 27.6 Å². The Labute approximate surface area is 620 Å². The van der Waals surface area contributed by atoms with Gasteiger partial charge in [-0.25, -0.2) is 34.5 Å². The molecule has 5 aromatic heterocycles. The van der Waals surface area contributed by atoms with Crippen molar-refractivity contribution in [2.24, 2.45) is 17.6 Å². The Bertz CT molecular complexity index is 3880. The van der Waals surface area contributed by atoms with Gasteiger partial charge in [0.15, 0.2) is 5.78 Å². The second-order valence-electron chi connectivity index (χ2n) is 25.9. The number of hydrogen-bond acceptors (Lipinski definition) is 19. The Morgan fingerprint density at radius 2 is 1.11 bits per heavy atom. The number of aromatic nitrogens is 5. The fraction of sp³-hybridized carbons (Fsp3) is 0.471. The minimum Gasteiger partial charge on any atom is -0.399 e. The number of carbonyl (C=O) groups is 3. The minimum atomic E-state index is -4.20. The van der Waals surface area contributed by atoms with Crippen LogP contribution in [0.15, 0.2) is 94.6 Å². The number of anilines is 5. The molecular formula is C70H86BBrCl2F3N13O8S3. The summed E-state index contributed by atoms with van der Waals surface area (Å²) in [6, 6.07) is 22.5. The number of nitrogens with zero attached hydrogens (tertiary/aromatic N) is 10. The zero-order valence-electron chi connectivity index (χ0n) is 57.7. The third-order valence-corrected chi connectivity index (χ3v) is 20.4. The van der Waals surface area contributed by atoms with E-state index in [-0.39, 0.29) is 23.7 Å². The van der Waals surface area contributed by atoms with Crippen molar-refractivity contribution in [3.63, 3.8) is 0 Å². The van der Waals surface area contributed by atoms with Crippen molar-refractivity contribution in [2.45, 2.75) is 91.5 Å². The monoisotopic (exact) mass is 1550 g/mol. The predicted octanol–water partition coefficient (Wildman–Crippen LogP) is 14.1. The molecule has 6 saturated heterocycles. The van der Waals surface area contributed by atoms with Crippen LogP contribution in [0, 0.1) is 25.7 Å². The highest BCUT2D eigenvalue weighted by Crippen LogP contribution is 2.38. The van der Waals surface area contributed by atoms with E-state index in [1.165, 1.54) is 4.90 Å². The van der Waals surface area contributed by atoms with E-state index in [0.717, 1.165) is 158 Å². The first-order valence-electron chi connectivity index (χ1n) is 33.5. The number of hydrogen-bond donors (Lipinski definition) is 3. The SMILES string of the molecule is CC[C@@H]1CCN(C(=O)Nc2ccc(C)c(-c3cc(-c4cscn4)nc(N4CCOCC4)c3)c2)C1.Cc1ccc(NC(=O)N2CC[C@@H](CC(F)(F)F)C2)cc1B1OC(C)(C)C(C)(C)O1.Clc1cc(-c2cscn2)nc(N2CCOCC2)c1.NC=S.O=C(CBr)c1cc(Cl)cc(N2CCOCC2)n1. The molecule has 11 heterocycles. The van der Waals surface area contributed by atoms with Gasteiger partial charge >= 0.3 is 25.4 Å². The lowest BCUT2D eigenvalue weighted by molar-refractivity contribution is -0.143. The molecule has 542 valence electrons. The van der Waals surface area contributed by atoms with Crippen molar-refractivity contribution in [3.05, 3.63) is 121 Å². The molecule has 7 aromatic rings. The average Bonchev–Trinajstić information content (AvgIpc) is 1.65. The van der Waals surface area contributed by atoms with E-state index in [1.54, 1.807) is 52.4 Å². The maximum Gasteiger partial charge on any atom is 0.495 e. The van der Waals surface area contributed by atoms with Crippen LogP contribution in [-0.4, -0.2) is 193 Å². The molecule has 13 rings (SSSR count). The number of amides is 4. The number of nitrogens with one attached hydrogen (secondary N) is 2. The second kappa shape index (κ2) is 36.7. The van der Waals surface area contributed by atoms with Crippen LogP contribution in [0.1, 0.15) is 81.9 Å². The van der Waals surface area contributed by atoms with Crippen LogP contribution < -0.4 is 36.5 Å². The van der Waals surface area contributed by atoms with E-state index >= 15 is 0 Å². The van der Waals surface area contributed by atoms with Gasteiger partial charge in [0.1, 0.15) is 23.1 Å². The largest absolute Gasteiger partial charge is 0.495 e. The number of ether oxygens (including phenoxy) is 3. The van der Waals surface area contributed by atoms with E-state index < -0.39 is 42.9 Å². The highest BCUT2D eigenvalue weighted by molar-refractivity contribution is 9.09. The van der Waals surface area contributed by atoms with Crippen LogP contribution in [0.3, 0.4) is 0 Å². The highest BCUT2D eigenvalue weighted by Gasteiger charge is 2.52. The number of carbonyl (C=O) groups excluding carboxylic acids is 3. The number of thiazole rings is 2. The molecule has 31 heteroatoms. The number of urea groups is 2. The average molecular weight is 1550 g/mol. The van der Waals surface area contributed by atoms with Gasteiger partial charge in [-0.2, -0.15) is 13.2 Å². The molecule has 6 fully saturated rings. The normalized spacial score (nSPS) is 18.6. The summed E-state index contributed by atoms with van der Waals surface area (Å²) in [6.07, 6.45) is -2.49. The molecule has 101 heavy (non-hydrogen) atoms. The zero-order chi connectivity index (χ0) is 72.4. The van der Waals surface area contributed by atoms with E-state index in [4.69, 9.17) is 51.7 Å². The molecule has 0 radical (unpaired) electrons. The molecule has 4 N–H and O–H groups in total.